The summed E-state index contributed by atoms with van der Waals surface area (Å²) in [5.74, 6) is 1.05. The van der Waals surface area contributed by atoms with Crippen molar-refractivity contribution in [3.05, 3.63) is 11.7 Å². The lowest BCUT2D eigenvalue weighted by Crippen LogP contribution is -2.33. The molecule has 0 spiro atoms. The average molecular weight is 198 g/mol. The molecule has 1 heterocycles. The van der Waals surface area contributed by atoms with Gasteiger partial charge in [0.15, 0.2) is 5.82 Å². The maximum Gasteiger partial charge on any atom is 0.240 e. The van der Waals surface area contributed by atoms with Gasteiger partial charge in [-0.15, -0.1) is 0 Å². The van der Waals surface area contributed by atoms with E-state index in [1.165, 1.54) is 0 Å². The summed E-state index contributed by atoms with van der Waals surface area (Å²) in [5, 5.41) is 9.18. The second kappa shape index (κ2) is 5.33. The summed E-state index contributed by atoms with van der Waals surface area (Å²) in [7, 11) is 0. The molecule has 0 aliphatic rings. The molecule has 78 valence electrons. The first-order valence-corrected chi connectivity index (χ1v) is 4.49. The van der Waals surface area contributed by atoms with Gasteiger partial charge in [-0.25, -0.2) is 0 Å². The lowest BCUT2D eigenvalue weighted by atomic mass is 10.5. The molecule has 1 rings (SSSR count). The normalized spacial score (nSPS) is 10.1. The molecule has 2 N–H and O–H groups in total. The van der Waals surface area contributed by atoms with Gasteiger partial charge in [0, 0.05) is 6.54 Å². The van der Waals surface area contributed by atoms with E-state index in [1.54, 1.807) is 6.92 Å². The molecule has 0 bridgehead atoms. The smallest absolute Gasteiger partial charge is 0.240 e. The number of likely N-dealkylation sites (N-methyl/N-ethyl adjacent to an activating group) is 1. The number of rotatable bonds is 5. The van der Waals surface area contributed by atoms with Crippen LogP contribution in [-0.2, 0) is 11.3 Å². The zero-order valence-electron chi connectivity index (χ0n) is 8.33. The molecule has 0 aliphatic carbocycles. The van der Waals surface area contributed by atoms with Gasteiger partial charge in [0.1, 0.15) is 0 Å². The monoisotopic (exact) mass is 198 g/mol. The highest BCUT2D eigenvalue weighted by Gasteiger charge is 2.03. The number of aromatic nitrogens is 2. The van der Waals surface area contributed by atoms with Gasteiger partial charge >= 0.3 is 0 Å². The highest BCUT2D eigenvalue weighted by Crippen LogP contribution is 1.93. The summed E-state index contributed by atoms with van der Waals surface area (Å²) in [4.78, 5) is 15.0. The molecule has 6 heteroatoms. The zero-order valence-corrected chi connectivity index (χ0v) is 8.33. The van der Waals surface area contributed by atoms with Crippen LogP contribution in [-0.4, -0.2) is 29.1 Å². The second-order valence-electron chi connectivity index (χ2n) is 2.79. The van der Waals surface area contributed by atoms with Gasteiger partial charge in [0.25, 0.3) is 0 Å². The van der Waals surface area contributed by atoms with Crippen LogP contribution in [0.25, 0.3) is 0 Å². The van der Waals surface area contributed by atoms with Crippen molar-refractivity contribution >= 4 is 5.91 Å². The van der Waals surface area contributed by atoms with Crippen molar-refractivity contribution in [3.63, 3.8) is 0 Å². The third kappa shape index (κ3) is 3.53. The fourth-order valence-corrected chi connectivity index (χ4v) is 0.954. The molecular weight excluding hydrogens is 184 g/mol. The third-order valence-corrected chi connectivity index (χ3v) is 1.51. The first-order valence-electron chi connectivity index (χ1n) is 4.49. The minimum absolute atomic E-state index is 0.0382. The van der Waals surface area contributed by atoms with Gasteiger partial charge < -0.3 is 9.84 Å². The largest absolute Gasteiger partial charge is 0.355 e. The summed E-state index contributed by atoms with van der Waals surface area (Å²) >= 11 is 0. The van der Waals surface area contributed by atoms with Crippen LogP contribution in [0.3, 0.4) is 0 Å². The molecule has 1 aromatic heterocycles. The molecule has 0 radical (unpaired) electrons. The number of nitrogens with zero attached hydrogens (tertiary/aromatic N) is 2. The molecule has 14 heavy (non-hydrogen) atoms. The Labute approximate surface area is 82.1 Å². The standard InChI is InChI=1S/C8H14N4O2/c1-3-10-7(13)4-9-5-8-11-6(2)12-14-8/h9H,3-5H2,1-2H3,(H,10,13). The van der Waals surface area contributed by atoms with E-state index >= 15 is 0 Å². The average Bonchev–Trinajstić information content (AvgIpc) is 2.52. The van der Waals surface area contributed by atoms with E-state index in [1.807, 2.05) is 6.92 Å². The van der Waals surface area contributed by atoms with E-state index in [9.17, 15) is 4.79 Å². The topological polar surface area (TPSA) is 80.0 Å². The third-order valence-electron chi connectivity index (χ3n) is 1.51. The molecule has 0 saturated heterocycles. The summed E-state index contributed by atoms with van der Waals surface area (Å²) in [6.45, 7) is 4.93. The van der Waals surface area contributed by atoms with Crippen LogP contribution in [0.2, 0.25) is 0 Å². The van der Waals surface area contributed by atoms with E-state index in [0.717, 1.165) is 0 Å². The van der Waals surface area contributed by atoms with Gasteiger partial charge in [-0.3, -0.25) is 10.1 Å². The summed E-state index contributed by atoms with van der Waals surface area (Å²) < 4.78 is 4.85. The van der Waals surface area contributed by atoms with E-state index < -0.39 is 0 Å². The fourth-order valence-electron chi connectivity index (χ4n) is 0.954. The Morgan fingerprint density at radius 2 is 2.36 bits per heavy atom. The number of amides is 1. The number of hydrogen-bond acceptors (Lipinski definition) is 5. The SMILES string of the molecule is CCNC(=O)CNCc1nc(C)no1. The molecule has 0 aromatic carbocycles. The number of carbonyl (C=O) groups is 1. The maximum atomic E-state index is 11.0. The van der Waals surface area contributed by atoms with Gasteiger partial charge in [0.05, 0.1) is 13.1 Å². The van der Waals surface area contributed by atoms with Crippen molar-refractivity contribution in [1.82, 2.24) is 20.8 Å². The van der Waals surface area contributed by atoms with Gasteiger partial charge in [-0.05, 0) is 13.8 Å². The zero-order chi connectivity index (χ0) is 10.4. The lowest BCUT2D eigenvalue weighted by molar-refractivity contribution is -0.120. The molecule has 0 saturated carbocycles. The van der Waals surface area contributed by atoms with E-state index in [2.05, 4.69) is 20.8 Å². The van der Waals surface area contributed by atoms with Crippen LogP contribution in [0, 0.1) is 6.92 Å². The molecule has 0 atom stereocenters. The quantitative estimate of drug-likeness (QED) is 0.673. The van der Waals surface area contributed by atoms with Crippen molar-refractivity contribution in [2.24, 2.45) is 0 Å². The molecule has 1 amide bonds. The Morgan fingerprint density at radius 3 is 2.93 bits per heavy atom. The van der Waals surface area contributed by atoms with Crippen molar-refractivity contribution in [1.29, 1.82) is 0 Å². The van der Waals surface area contributed by atoms with Crippen molar-refractivity contribution < 1.29 is 9.32 Å². The van der Waals surface area contributed by atoms with Crippen LogP contribution in [0.5, 0.6) is 0 Å². The van der Waals surface area contributed by atoms with E-state index in [0.29, 0.717) is 24.8 Å². The fraction of sp³-hybridized carbons (Fsp3) is 0.625. The van der Waals surface area contributed by atoms with Crippen LogP contribution >= 0.6 is 0 Å². The summed E-state index contributed by atoms with van der Waals surface area (Å²) in [6.07, 6.45) is 0. The minimum Gasteiger partial charge on any atom is -0.355 e. The second-order valence-corrected chi connectivity index (χ2v) is 2.79. The molecular formula is C8H14N4O2. The maximum absolute atomic E-state index is 11.0. The highest BCUT2D eigenvalue weighted by atomic mass is 16.5. The first-order chi connectivity index (χ1) is 6.72. The highest BCUT2D eigenvalue weighted by molar-refractivity contribution is 5.77. The Bertz CT molecular complexity index is 297. The number of nitrogens with one attached hydrogen (secondary N) is 2. The van der Waals surface area contributed by atoms with Gasteiger partial charge in [0.2, 0.25) is 11.8 Å². The van der Waals surface area contributed by atoms with E-state index in [4.69, 9.17) is 4.52 Å². The Kier molecular flexibility index (Phi) is 4.06. The van der Waals surface area contributed by atoms with Crippen molar-refractivity contribution in [2.45, 2.75) is 20.4 Å². The molecule has 0 aliphatic heterocycles. The number of aryl methyl sites for hydroxylation is 1. The van der Waals surface area contributed by atoms with Crippen LogP contribution in [0.15, 0.2) is 4.52 Å². The van der Waals surface area contributed by atoms with Crippen LogP contribution < -0.4 is 10.6 Å². The summed E-state index contributed by atoms with van der Waals surface area (Å²) in [5.41, 5.74) is 0. The van der Waals surface area contributed by atoms with Crippen molar-refractivity contribution in [3.8, 4) is 0 Å². The molecule has 6 nitrogen and oxygen atoms in total. The predicted molar refractivity (Wildman–Crippen MR) is 49.4 cm³/mol. The van der Waals surface area contributed by atoms with E-state index in [-0.39, 0.29) is 12.5 Å². The predicted octanol–water partition coefficient (Wildman–Crippen LogP) is -0.396. The lowest BCUT2D eigenvalue weighted by Gasteiger charge is -2.01. The molecule has 0 unspecified atom stereocenters. The molecule has 1 aromatic rings. The number of hydrogen-bond donors (Lipinski definition) is 2. The minimum atomic E-state index is -0.0382. The Balaban J connectivity index is 2.18. The van der Waals surface area contributed by atoms with Crippen LogP contribution in [0.1, 0.15) is 18.6 Å². The van der Waals surface area contributed by atoms with Crippen molar-refractivity contribution in [2.75, 3.05) is 13.1 Å². The molecule has 0 fully saturated rings. The van der Waals surface area contributed by atoms with Gasteiger partial charge in [-0.2, -0.15) is 4.98 Å². The van der Waals surface area contributed by atoms with Gasteiger partial charge in [-0.1, -0.05) is 5.16 Å². The van der Waals surface area contributed by atoms with Crippen LogP contribution in [0.4, 0.5) is 0 Å². The Hall–Kier alpha value is -1.43. The number of carbonyl (C=O) groups excluding carboxylic acids is 1. The first kappa shape index (κ1) is 10.6. The Morgan fingerprint density at radius 1 is 1.57 bits per heavy atom. The summed E-state index contributed by atoms with van der Waals surface area (Å²) in [6, 6.07) is 0.